The summed E-state index contributed by atoms with van der Waals surface area (Å²) in [6, 6.07) is 9.37. The maximum absolute atomic E-state index is 12.9. The minimum Gasteiger partial charge on any atom is -0.497 e. The number of benzene rings is 2. The van der Waals surface area contributed by atoms with Gasteiger partial charge < -0.3 is 18.9 Å². The average Bonchev–Trinajstić information content (AvgIpc) is 3.03. The van der Waals surface area contributed by atoms with E-state index in [1.165, 1.54) is 0 Å². The molecular weight excluding hydrogens is 358 g/mol. The summed E-state index contributed by atoms with van der Waals surface area (Å²) in [7, 11) is 3.18. The SMILES string of the molecule is COc1ccc(OC)c(/C=C2\Oc3c(ccc4c3CN(C(C)C)CO4)C2=O)c1. The number of ether oxygens (including phenoxy) is 4. The molecule has 0 saturated heterocycles. The molecule has 2 aromatic rings. The van der Waals surface area contributed by atoms with E-state index in [2.05, 4.69) is 18.7 Å². The average molecular weight is 381 g/mol. The molecule has 0 radical (unpaired) electrons. The maximum Gasteiger partial charge on any atom is 0.231 e. The lowest BCUT2D eigenvalue weighted by atomic mass is 10.0. The molecule has 6 heteroatoms. The van der Waals surface area contributed by atoms with Gasteiger partial charge in [-0.05, 0) is 50.3 Å². The molecule has 0 fully saturated rings. The molecule has 146 valence electrons. The molecule has 0 N–H and O–H groups in total. The number of carbonyl (C=O) groups is 1. The minimum absolute atomic E-state index is 0.149. The Kier molecular flexibility index (Phi) is 4.73. The topological polar surface area (TPSA) is 57.2 Å². The highest BCUT2D eigenvalue weighted by Gasteiger charge is 2.34. The van der Waals surface area contributed by atoms with Crippen molar-refractivity contribution >= 4 is 11.9 Å². The summed E-state index contributed by atoms with van der Waals surface area (Å²) in [5.41, 5.74) is 2.18. The Bertz CT molecular complexity index is 964. The third kappa shape index (κ3) is 3.10. The van der Waals surface area contributed by atoms with Gasteiger partial charge in [-0.15, -0.1) is 0 Å². The lowest BCUT2D eigenvalue weighted by Gasteiger charge is -2.32. The van der Waals surface area contributed by atoms with Gasteiger partial charge in [-0.1, -0.05) is 0 Å². The van der Waals surface area contributed by atoms with Crippen molar-refractivity contribution in [3.63, 3.8) is 0 Å². The van der Waals surface area contributed by atoms with Crippen LogP contribution in [0.5, 0.6) is 23.0 Å². The molecule has 2 aliphatic heterocycles. The number of carbonyl (C=O) groups excluding carboxylic acids is 1. The van der Waals surface area contributed by atoms with Crippen LogP contribution in [0, 0.1) is 0 Å². The Labute approximate surface area is 164 Å². The van der Waals surface area contributed by atoms with Crippen LogP contribution in [0.3, 0.4) is 0 Å². The number of Topliss-reactive ketones (excluding diaryl/α,β-unsaturated/α-hetero) is 1. The van der Waals surface area contributed by atoms with Crippen molar-refractivity contribution in [2.45, 2.75) is 26.4 Å². The van der Waals surface area contributed by atoms with E-state index in [9.17, 15) is 4.79 Å². The molecule has 2 aromatic carbocycles. The van der Waals surface area contributed by atoms with E-state index in [4.69, 9.17) is 18.9 Å². The monoisotopic (exact) mass is 381 g/mol. The van der Waals surface area contributed by atoms with Gasteiger partial charge in [0.25, 0.3) is 0 Å². The van der Waals surface area contributed by atoms with Gasteiger partial charge in [0.05, 0.1) is 25.3 Å². The largest absolute Gasteiger partial charge is 0.497 e. The summed E-state index contributed by atoms with van der Waals surface area (Å²) in [5, 5.41) is 0. The number of hydrogen-bond donors (Lipinski definition) is 0. The lowest BCUT2D eigenvalue weighted by Crippen LogP contribution is -2.37. The van der Waals surface area contributed by atoms with Crippen molar-refractivity contribution in [2.24, 2.45) is 0 Å². The summed E-state index contributed by atoms with van der Waals surface area (Å²) in [6.07, 6.45) is 1.69. The molecule has 0 saturated carbocycles. The fourth-order valence-corrected chi connectivity index (χ4v) is 3.40. The fourth-order valence-electron chi connectivity index (χ4n) is 3.40. The first kappa shape index (κ1) is 18.4. The number of rotatable bonds is 4. The van der Waals surface area contributed by atoms with Crippen LogP contribution in [0.15, 0.2) is 36.1 Å². The van der Waals surface area contributed by atoms with Gasteiger partial charge in [-0.2, -0.15) is 0 Å². The molecule has 0 bridgehead atoms. The number of allylic oxidation sites excluding steroid dienone is 1. The van der Waals surface area contributed by atoms with Crippen LogP contribution in [0.2, 0.25) is 0 Å². The van der Waals surface area contributed by atoms with Gasteiger partial charge in [0.2, 0.25) is 5.78 Å². The number of hydrogen-bond acceptors (Lipinski definition) is 6. The number of fused-ring (bicyclic) bond motifs is 3. The maximum atomic E-state index is 12.9. The van der Waals surface area contributed by atoms with Crippen molar-refractivity contribution in [3.05, 3.63) is 52.8 Å². The predicted octanol–water partition coefficient (Wildman–Crippen LogP) is 3.88. The zero-order valence-corrected chi connectivity index (χ0v) is 16.4. The molecule has 0 atom stereocenters. The first-order chi connectivity index (χ1) is 13.5. The second-order valence-electron chi connectivity index (χ2n) is 7.08. The molecule has 2 aliphatic rings. The Morgan fingerprint density at radius 1 is 1.14 bits per heavy atom. The molecular formula is C22H23NO5. The second-order valence-corrected chi connectivity index (χ2v) is 7.08. The van der Waals surface area contributed by atoms with Crippen molar-refractivity contribution < 1.29 is 23.7 Å². The second kappa shape index (κ2) is 7.20. The van der Waals surface area contributed by atoms with Crippen LogP contribution in [0.4, 0.5) is 0 Å². The Morgan fingerprint density at radius 3 is 2.68 bits per heavy atom. The van der Waals surface area contributed by atoms with E-state index in [1.807, 2.05) is 12.1 Å². The van der Waals surface area contributed by atoms with E-state index in [0.717, 1.165) is 11.3 Å². The van der Waals surface area contributed by atoms with Crippen LogP contribution in [0.25, 0.3) is 6.08 Å². The summed E-state index contributed by atoms with van der Waals surface area (Å²) < 4.78 is 22.6. The van der Waals surface area contributed by atoms with Crippen molar-refractivity contribution in [2.75, 3.05) is 21.0 Å². The first-order valence-corrected chi connectivity index (χ1v) is 9.20. The fraction of sp³-hybridized carbons (Fsp3) is 0.318. The summed E-state index contributed by atoms with van der Waals surface area (Å²) in [4.78, 5) is 15.1. The summed E-state index contributed by atoms with van der Waals surface area (Å²) in [5.74, 6) is 2.77. The van der Waals surface area contributed by atoms with E-state index in [-0.39, 0.29) is 11.5 Å². The van der Waals surface area contributed by atoms with Gasteiger partial charge in [0.15, 0.2) is 5.76 Å². The van der Waals surface area contributed by atoms with Crippen LogP contribution in [-0.4, -0.2) is 37.7 Å². The van der Waals surface area contributed by atoms with Crippen LogP contribution < -0.4 is 18.9 Å². The smallest absolute Gasteiger partial charge is 0.231 e. The van der Waals surface area contributed by atoms with E-state index < -0.39 is 0 Å². The molecule has 0 spiro atoms. The summed E-state index contributed by atoms with van der Waals surface area (Å²) in [6.45, 7) is 5.44. The Hall–Kier alpha value is -2.99. The van der Waals surface area contributed by atoms with Crippen molar-refractivity contribution in [1.29, 1.82) is 0 Å². The number of ketones is 1. The van der Waals surface area contributed by atoms with Crippen molar-refractivity contribution in [1.82, 2.24) is 4.90 Å². The third-order valence-corrected chi connectivity index (χ3v) is 5.10. The van der Waals surface area contributed by atoms with Crippen molar-refractivity contribution in [3.8, 4) is 23.0 Å². The number of methoxy groups -OCH3 is 2. The molecule has 0 aliphatic carbocycles. The highest BCUT2D eigenvalue weighted by Crippen LogP contribution is 2.42. The number of nitrogens with zero attached hydrogens (tertiary/aromatic N) is 1. The highest BCUT2D eigenvalue weighted by molar-refractivity contribution is 6.15. The van der Waals surface area contributed by atoms with Gasteiger partial charge in [-0.3, -0.25) is 9.69 Å². The lowest BCUT2D eigenvalue weighted by molar-refractivity contribution is 0.0674. The zero-order chi connectivity index (χ0) is 19.8. The first-order valence-electron chi connectivity index (χ1n) is 9.20. The molecule has 28 heavy (non-hydrogen) atoms. The summed E-state index contributed by atoms with van der Waals surface area (Å²) >= 11 is 0. The molecule has 6 nitrogen and oxygen atoms in total. The third-order valence-electron chi connectivity index (χ3n) is 5.10. The van der Waals surface area contributed by atoms with Gasteiger partial charge in [-0.25, -0.2) is 0 Å². The predicted molar refractivity (Wildman–Crippen MR) is 105 cm³/mol. The highest BCUT2D eigenvalue weighted by atomic mass is 16.5. The standard InChI is InChI=1S/C22H23NO5/c1-13(2)23-11-17-19(27-12-23)8-6-16-21(24)20(28-22(16)17)10-14-9-15(25-3)5-7-18(14)26-4/h5-10,13H,11-12H2,1-4H3/b20-10-. The van der Waals surface area contributed by atoms with E-state index in [1.54, 1.807) is 38.5 Å². The minimum atomic E-state index is -0.149. The Balaban J connectivity index is 1.73. The Morgan fingerprint density at radius 2 is 1.96 bits per heavy atom. The normalized spacial score (nSPS) is 17.2. The molecule has 0 unspecified atom stereocenters. The quantitative estimate of drug-likeness (QED) is 0.749. The van der Waals surface area contributed by atoms with Gasteiger partial charge >= 0.3 is 0 Å². The molecule has 0 amide bonds. The van der Waals surface area contributed by atoms with Gasteiger partial charge in [0, 0.05) is 18.2 Å². The molecule has 0 aromatic heterocycles. The van der Waals surface area contributed by atoms with E-state index in [0.29, 0.717) is 47.7 Å². The van der Waals surface area contributed by atoms with Crippen LogP contribution in [0.1, 0.15) is 35.3 Å². The zero-order valence-electron chi connectivity index (χ0n) is 16.4. The van der Waals surface area contributed by atoms with E-state index >= 15 is 0 Å². The molecule has 4 rings (SSSR count). The van der Waals surface area contributed by atoms with Crippen LogP contribution >= 0.6 is 0 Å². The van der Waals surface area contributed by atoms with Crippen LogP contribution in [-0.2, 0) is 6.54 Å². The van der Waals surface area contributed by atoms with Gasteiger partial charge in [0.1, 0.15) is 29.7 Å². The molecule has 2 heterocycles.